The molecular formula is C12H10BrClN2O2. The molecule has 1 heterocycles. The second kappa shape index (κ2) is 5.54. The van der Waals surface area contributed by atoms with Crippen LogP contribution in [0, 0.1) is 0 Å². The molecule has 18 heavy (non-hydrogen) atoms. The van der Waals surface area contributed by atoms with Crippen LogP contribution in [0.5, 0.6) is 0 Å². The van der Waals surface area contributed by atoms with E-state index >= 15 is 0 Å². The molecule has 0 saturated carbocycles. The van der Waals surface area contributed by atoms with Gasteiger partial charge in [-0.2, -0.15) is 5.10 Å². The van der Waals surface area contributed by atoms with E-state index in [2.05, 4.69) is 21.0 Å². The topological polar surface area (TPSA) is 55.1 Å². The number of aliphatic carboxylic acids is 1. The lowest BCUT2D eigenvalue weighted by Gasteiger charge is -2.00. The molecule has 1 N–H and O–H groups in total. The first-order valence-corrected chi connectivity index (χ1v) is 6.45. The Hall–Kier alpha value is -1.33. The van der Waals surface area contributed by atoms with Crippen LogP contribution in [-0.2, 0) is 11.2 Å². The van der Waals surface area contributed by atoms with Gasteiger partial charge in [0.1, 0.15) is 0 Å². The van der Waals surface area contributed by atoms with Crippen molar-refractivity contribution in [2.45, 2.75) is 12.8 Å². The van der Waals surface area contributed by atoms with E-state index in [4.69, 9.17) is 16.7 Å². The summed E-state index contributed by atoms with van der Waals surface area (Å²) in [5.41, 5.74) is 1.61. The van der Waals surface area contributed by atoms with E-state index in [-0.39, 0.29) is 6.42 Å². The Morgan fingerprint density at radius 3 is 2.67 bits per heavy atom. The molecule has 0 aliphatic carbocycles. The van der Waals surface area contributed by atoms with Crippen molar-refractivity contribution >= 4 is 33.5 Å². The molecule has 4 nitrogen and oxygen atoms in total. The van der Waals surface area contributed by atoms with Crippen molar-refractivity contribution in [2.75, 3.05) is 0 Å². The van der Waals surface area contributed by atoms with Crippen molar-refractivity contribution in [2.24, 2.45) is 0 Å². The monoisotopic (exact) mass is 328 g/mol. The summed E-state index contributed by atoms with van der Waals surface area (Å²) in [6.45, 7) is 0. The molecular weight excluding hydrogens is 320 g/mol. The maximum absolute atomic E-state index is 10.5. The first-order chi connectivity index (χ1) is 8.56. The quantitative estimate of drug-likeness (QED) is 0.936. The molecule has 2 aromatic rings. The molecule has 0 spiro atoms. The number of nitrogens with zero attached hydrogens (tertiary/aromatic N) is 2. The van der Waals surface area contributed by atoms with Crippen LogP contribution < -0.4 is 0 Å². The smallest absolute Gasteiger partial charge is 0.303 e. The van der Waals surface area contributed by atoms with Gasteiger partial charge in [-0.3, -0.25) is 4.79 Å². The van der Waals surface area contributed by atoms with Crippen molar-refractivity contribution < 1.29 is 9.90 Å². The van der Waals surface area contributed by atoms with Crippen molar-refractivity contribution in [3.05, 3.63) is 45.7 Å². The average molecular weight is 330 g/mol. The fraction of sp³-hybridized carbons (Fsp3) is 0.167. The molecule has 6 heteroatoms. The molecule has 1 aromatic heterocycles. The summed E-state index contributed by atoms with van der Waals surface area (Å²) in [4.78, 5) is 10.5. The van der Waals surface area contributed by atoms with Gasteiger partial charge >= 0.3 is 5.97 Å². The van der Waals surface area contributed by atoms with Crippen LogP contribution in [-0.4, -0.2) is 20.9 Å². The fourth-order valence-corrected chi connectivity index (χ4v) is 2.11. The number of hydrogen-bond donors (Lipinski definition) is 1. The highest BCUT2D eigenvalue weighted by atomic mass is 79.9. The number of carboxylic acid groups (broad SMARTS) is 1. The molecule has 0 aliphatic heterocycles. The first-order valence-electron chi connectivity index (χ1n) is 5.28. The van der Waals surface area contributed by atoms with Crippen molar-refractivity contribution in [1.82, 2.24) is 9.78 Å². The summed E-state index contributed by atoms with van der Waals surface area (Å²) in [7, 11) is 0. The second-order valence-electron chi connectivity index (χ2n) is 3.74. The van der Waals surface area contributed by atoms with Crippen LogP contribution in [0.25, 0.3) is 5.69 Å². The zero-order chi connectivity index (χ0) is 13.1. The fourth-order valence-electron chi connectivity index (χ4n) is 1.51. The van der Waals surface area contributed by atoms with Crippen LogP contribution >= 0.6 is 27.5 Å². The number of aryl methyl sites for hydroxylation is 1. The van der Waals surface area contributed by atoms with E-state index in [0.29, 0.717) is 11.4 Å². The van der Waals surface area contributed by atoms with Crippen LogP contribution in [0.15, 0.2) is 34.9 Å². The minimum absolute atomic E-state index is 0.0657. The maximum atomic E-state index is 10.5. The summed E-state index contributed by atoms with van der Waals surface area (Å²) in [5, 5.41) is 13.7. The summed E-state index contributed by atoms with van der Waals surface area (Å²) in [6, 6.07) is 7.26. The number of rotatable bonds is 4. The van der Waals surface area contributed by atoms with Crippen LogP contribution in [0.4, 0.5) is 0 Å². The molecule has 0 atom stereocenters. The number of hydrogen-bond acceptors (Lipinski definition) is 2. The Morgan fingerprint density at radius 1 is 1.39 bits per heavy atom. The van der Waals surface area contributed by atoms with Crippen molar-refractivity contribution in [1.29, 1.82) is 0 Å². The predicted octanol–water partition coefficient (Wildman–Crippen LogP) is 3.31. The Balaban J connectivity index is 2.22. The van der Waals surface area contributed by atoms with Crippen molar-refractivity contribution in [3.63, 3.8) is 0 Å². The Morgan fingerprint density at radius 2 is 2.06 bits per heavy atom. The van der Waals surface area contributed by atoms with E-state index < -0.39 is 5.97 Å². The minimum Gasteiger partial charge on any atom is -0.481 e. The standard InChI is InChI=1S/C12H10BrClN2O2/c13-10-7-16(9-3-1-8(14)2-4-9)15-11(10)5-6-12(17)18/h1-4,7H,5-6H2,(H,17,18). The number of carboxylic acids is 1. The number of halogens is 2. The normalized spacial score (nSPS) is 10.6. The number of carbonyl (C=O) groups is 1. The maximum Gasteiger partial charge on any atom is 0.303 e. The Labute approximate surface area is 117 Å². The second-order valence-corrected chi connectivity index (χ2v) is 5.03. The average Bonchev–Trinajstić information content (AvgIpc) is 2.69. The van der Waals surface area contributed by atoms with Crippen LogP contribution in [0.2, 0.25) is 5.02 Å². The number of benzene rings is 1. The molecule has 1 aromatic carbocycles. The lowest BCUT2D eigenvalue weighted by molar-refractivity contribution is -0.136. The summed E-state index contributed by atoms with van der Waals surface area (Å²) in [6.07, 6.45) is 2.27. The van der Waals surface area contributed by atoms with Gasteiger partial charge in [0.25, 0.3) is 0 Å². The summed E-state index contributed by atoms with van der Waals surface area (Å²) in [5.74, 6) is -0.831. The van der Waals surface area contributed by atoms with E-state index in [1.54, 1.807) is 23.0 Å². The van der Waals surface area contributed by atoms with Gasteiger partial charge in [-0.25, -0.2) is 4.68 Å². The SMILES string of the molecule is O=C(O)CCc1nn(-c2ccc(Cl)cc2)cc1Br. The van der Waals surface area contributed by atoms with E-state index in [0.717, 1.165) is 15.9 Å². The Kier molecular flexibility index (Phi) is 4.04. The lowest BCUT2D eigenvalue weighted by Crippen LogP contribution is -2.00. The third-order valence-electron chi connectivity index (χ3n) is 2.41. The van der Waals surface area contributed by atoms with Gasteiger partial charge in [-0.1, -0.05) is 11.6 Å². The van der Waals surface area contributed by atoms with E-state index in [1.165, 1.54) is 0 Å². The molecule has 2 rings (SSSR count). The van der Waals surface area contributed by atoms with Crippen molar-refractivity contribution in [3.8, 4) is 5.69 Å². The summed E-state index contributed by atoms with van der Waals surface area (Å²) < 4.78 is 2.50. The molecule has 94 valence electrons. The van der Waals surface area contributed by atoms with Gasteiger partial charge in [0, 0.05) is 17.6 Å². The van der Waals surface area contributed by atoms with E-state index in [1.807, 2.05) is 12.1 Å². The van der Waals surface area contributed by atoms with Gasteiger partial charge in [0.15, 0.2) is 0 Å². The third-order valence-corrected chi connectivity index (χ3v) is 3.32. The predicted molar refractivity (Wildman–Crippen MR) is 72.2 cm³/mol. The molecule has 0 amide bonds. The Bertz CT molecular complexity index is 566. The molecule has 0 radical (unpaired) electrons. The third kappa shape index (κ3) is 3.11. The van der Waals surface area contributed by atoms with Crippen LogP contribution in [0.1, 0.15) is 12.1 Å². The van der Waals surface area contributed by atoms with Crippen LogP contribution in [0.3, 0.4) is 0 Å². The largest absolute Gasteiger partial charge is 0.481 e. The summed E-state index contributed by atoms with van der Waals surface area (Å²) >= 11 is 9.19. The van der Waals surface area contributed by atoms with E-state index in [9.17, 15) is 4.79 Å². The zero-order valence-electron chi connectivity index (χ0n) is 9.31. The highest BCUT2D eigenvalue weighted by molar-refractivity contribution is 9.10. The molecule has 0 bridgehead atoms. The highest BCUT2D eigenvalue weighted by Crippen LogP contribution is 2.20. The first kappa shape index (κ1) is 13.1. The number of aromatic nitrogens is 2. The van der Waals surface area contributed by atoms with Gasteiger partial charge in [0.2, 0.25) is 0 Å². The zero-order valence-corrected chi connectivity index (χ0v) is 11.6. The highest BCUT2D eigenvalue weighted by Gasteiger charge is 2.09. The van der Waals surface area contributed by atoms with Gasteiger partial charge in [0.05, 0.1) is 22.3 Å². The molecule has 0 unspecified atom stereocenters. The molecule has 0 fully saturated rings. The minimum atomic E-state index is -0.831. The molecule has 0 saturated heterocycles. The van der Waals surface area contributed by atoms with Gasteiger partial charge in [-0.15, -0.1) is 0 Å². The molecule has 0 aliphatic rings. The lowest BCUT2D eigenvalue weighted by atomic mass is 10.2. The van der Waals surface area contributed by atoms with Gasteiger partial charge < -0.3 is 5.11 Å². The van der Waals surface area contributed by atoms with Gasteiger partial charge in [-0.05, 0) is 40.2 Å².